The van der Waals surface area contributed by atoms with E-state index in [0.717, 1.165) is 25.0 Å². The van der Waals surface area contributed by atoms with E-state index in [1.165, 1.54) is 5.56 Å². The number of nitrogens with one attached hydrogen (secondary N) is 1. The van der Waals surface area contributed by atoms with Gasteiger partial charge in [-0.3, -0.25) is 0 Å². The summed E-state index contributed by atoms with van der Waals surface area (Å²) in [5.74, 6) is 0.593. The first-order chi connectivity index (χ1) is 7.99. The third-order valence-electron chi connectivity index (χ3n) is 2.86. The molecule has 1 aromatic rings. The van der Waals surface area contributed by atoms with E-state index in [1.807, 2.05) is 6.07 Å². The van der Waals surface area contributed by atoms with E-state index in [2.05, 4.69) is 16.4 Å². The Hall–Kier alpha value is -1.60. The first kappa shape index (κ1) is 11.9. The van der Waals surface area contributed by atoms with Crippen LogP contribution >= 0.6 is 0 Å². The van der Waals surface area contributed by atoms with E-state index in [1.54, 1.807) is 13.8 Å². The van der Waals surface area contributed by atoms with E-state index in [-0.39, 0.29) is 0 Å². The molecule has 1 aliphatic rings. The summed E-state index contributed by atoms with van der Waals surface area (Å²) in [5, 5.41) is 21.8. The number of nitrogens with zero attached hydrogens (tertiary/aromatic N) is 2. The third-order valence-corrected chi connectivity index (χ3v) is 2.86. The van der Waals surface area contributed by atoms with Gasteiger partial charge in [0.1, 0.15) is 11.9 Å². The standard InChI is InChI=1S/C13H17N3O/c1-13(2,17)8-15-12-10(7-14)6-9-4-3-5-11(9)16-12/h6,17H,3-5,8H2,1-2H3,(H,15,16). The van der Waals surface area contributed by atoms with Gasteiger partial charge >= 0.3 is 0 Å². The zero-order valence-corrected chi connectivity index (χ0v) is 10.2. The van der Waals surface area contributed by atoms with Crippen molar-refractivity contribution in [3.05, 3.63) is 22.9 Å². The minimum Gasteiger partial charge on any atom is -0.389 e. The van der Waals surface area contributed by atoms with E-state index in [4.69, 9.17) is 5.26 Å². The fourth-order valence-corrected chi connectivity index (χ4v) is 1.99. The molecule has 0 aromatic carbocycles. The van der Waals surface area contributed by atoms with Gasteiger partial charge in [0.05, 0.1) is 11.2 Å². The maximum absolute atomic E-state index is 9.66. The van der Waals surface area contributed by atoms with Crippen LogP contribution in [-0.2, 0) is 12.8 Å². The van der Waals surface area contributed by atoms with Crippen LogP contribution in [0.2, 0.25) is 0 Å². The minimum absolute atomic E-state index is 0.382. The molecular weight excluding hydrogens is 214 g/mol. The van der Waals surface area contributed by atoms with Crippen LogP contribution in [0.5, 0.6) is 0 Å². The summed E-state index contributed by atoms with van der Waals surface area (Å²) < 4.78 is 0. The molecule has 0 fully saturated rings. The van der Waals surface area contributed by atoms with Gasteiger partial charge in [0, 0.05) is 12.2 Å². The van der Waals surface area contributed by atoms with Crippen LogP contribution in [0.1, 0.15) is 37.1 Å². The normalized spacial score (nSPS) is 14.2. The number of nitriles is 1. The Balaban J connectivity index is 2.25. The summed E-state index contributed by atoms with van der Waals surface area (Å²) in [6.07, 6.45) is 3.11. The highest BCUT2D eigenvalue weighted by molar-refractivity contribution is 5.55. The van der Waals surface area contributed by atoms with Crippen molar-refractivity contribution in [1.82, 2.24) is 4.98 Å². The Labute approximate surface area is 101 Å². The molecule has 0 atom stereocenters. The average molecular weight is 231 g/mol. The fourth-order valence-electron chi connectivity index (χ4n) is 1.99. The van der Waals surface area contributed by atoms with Crippen molar-refractivity contribution in [3.8, 4) is 6.07 Å². The topological polar surface area (TPSA) is 68.9 Å². The molecule has 0 amide bonds. The first-order valence-corrected chi connectivity index (χ1v) is 5.89. The smallest absolute Gasteiger partial charge is 0.144 e. The van der Waals surface area contributed by atoms with Crippen LogP contribution in [0.4, 0.5) is 5.82 Å². The number of pyridine rings is 1. The van der Waals surface area contributed by atoms with Gasteiger partial charge in [-0.15, -0.1) is 0 Å². The summed E-state index contributed by atoms with van der Waals surface area (Å²) in [6.45, 7) is 3.83. The highest BCUT2D eigenvalue weighted by Gasteiger charge is 2.18. The number of hydrogen-bond acceptors (Lipinski definition) is 4. The van der Waals surface area contributed by atoms with Gasteiger partial charge in [0.2, 0.25) is 0 Å². The summed E-state index contributed by atoms with van der Waals surface area (Å²) >= 11 is 0. The van der Waals surface area contributed by atoms with Crippen molar-refractivity contribution in [3.63, 3.8) is 0 Å². The van der Waals surface area contributed by atoms with Crippen LogP contribution < -0.4 is 5.32 Å². The summed E-state index contributed by atoms with van der Waals surface area (Å²) in [6, 6.07) is 4.07. The van der Waals surface area contributed by atoms with E-state index in [0.29, 0.717) is 17.9 Å². The Kier molecular flexibility index (Phi) is 3.03. The van der Waals surface area contributed by atoms with E-state index in [9.17, 15) is 5.11 Å². The largest absolute Gasteiger partial charge is 0.389 e. The molecule has 2 rings (SSSR count). The van der Waals surface area contributed by atoms with Crippen molar-refractivity contribution < 1.29 is 5.11 Å². The quantitative estimate of drug-likeness (QED) is 0.829. The summed E-state index contributed by atoms with van der Waals surface area (Å²) in [5.41, 5.74) is 2.03. The Morgan fingerprint density at radius 2 is 2.29 bits per heavy atom. The lowest BCUT2D eigenvalue weighted by Gasteiger charge is -2.19. The molecule has 0 bridgehead atoms. The van der Waals surface area contributed by atoms with Crippen LogP contribution in [0.15, 0.2) is 6.07 Å². The average Bonchev–Trinajstić information content (AvgIpc) is 2.70. The number of rotatable bonds is 3. The third kappa shape index (κ3) is 2.75. The van der Waals surface area contributed by atoms with Gasteiger partial charge in [0.15, 0.2) is 0 Å². The zero-order chi connectivity index (χ0) is 12.5. The van der Waals surface area contributed by atoms with Crippen LogP contribution in [0.25, 0.3) is 0 Å². The van der Waals surface area contributed by atoms with Gasteiger partial charge in [-0.2, -0.15) is 5.26 Å². The highest BCUT2D eigenvalue weighted by Crippen LogP contribution is 2.25. The second kappa shape index (κ2) is 4.34. The van der Waals surface area contributed by atoms with Crippen molar-refractivity contribution in [2.75, 3.05) is 11.9 Å². The maximum Gasteiger partial charge on any atom is 0.144 e. The zero-order valence-electron chi connectivity index (χ0n) is 10.2. The van der Waals surface area contributed by atoms with Crippen molar-refractivity contribution in [2.24, 2.45) is 0 Å². The molecule has 2 N–H and O–H groups in total. The molecule has 1 aliphatic carbocycles. The molecule has 90 valence electrons. The van der Waals surface area contributed by atoms with Crippen molar-refractivity contribution in [2.45, 2.75) is 38.7 Å². The molecular formula is C13H17N3O. The Bertz CT molecular complexity index is 469. The number of aryl methyl sites for hydroxylation is 2. The van der Waals surface area contributed by atoms with Gasteiger partial charge in [-0.25, -0.2) is 4.98 Å². The second-order valence-electron chi connectivity index (χ2n) is 5.12. The van der Waals surface area contributed by atoms with Crippen molar-refractivity contribution in [1.29, 1.82) is 5.26 Å². The number of hydrogen-bond donors (Lipinski definition) is 2. The highest BCUT2D eigenvalue weighted by atomic mass is 16.3. The number of aliphatic hydroxyl groups is 1. The SMILES string of the molecule is CC(C)(O)CNc1nc2c(cc1C#N)CCC2. The number of anilines is 1. The minimum atomic E-state index is -0.812. The molecule has 0 saturated heterocycles. The molecule has 0 radical (unpaired) electrons. The molecule has 0 spiro atoms. The lowest BCUT2D eigenvalue weighted by Crippen LogP contribution is -2.30. The maximum atomic E-state index is 9.66. The van der Waals surface area contributed by atoms with E-state index >= 15 is 0 Å². The number of aromatic nitrogens is 1. The summed E-state index contributed by atoms with van der Waals surface area (Å²) in [4.78, 5) is 4.48. The lowest BCUT2D eigenvalue weighted by molar-refractivity contribution is 0.0944. The van der Waals surface area contributed by atoms with Crippen LogP contribution in [0.3, 0.4) is 0 Å². The van der Waals surface area contributed by atoms with E-state index < -0.39 is 5.60 Å². The first-order valence-electron chi connectivity index (χ1n) is 5.89. The van der Waals surface area contributed by atoms with Crippen LogP contribution in [0, 0.1) is 11.3 Å². The number of fused-ring (bicyclic) bond motifs is 1. The Morgan fingerprint density at radius 1 is 1.53 bits per heavy atom. The van der Waals surface area contributed by atoms with Gasteiger partial charge < -0.3 is 10.4 Å². The monoisotopic (exact) mass is 231 g/mol. The molecule has 1 aromatic heterocycles. The molecule has 4 nitrogen and oxygen atoms in total. The molecule has 1 heterocycles. The summed E-state index contributed by atoms with van der Waals surface area (Å²) in [7, 11) is 0. The Morgan fingerprint density at radius 3 is 2.94 bits per heavy atom. The molecule has 0 saturated carbocycles. The van der Waals surface area contributed by atoms with Gasteiger partial charge in [-0.1, -0.05) is 0 Å². The predicted octanol–water partition coefficient (Wildman–Crippen LogP) is 1.62. The molecule has 0 unspecified atom stereocenters. The second-order valence-corrected chi connectivity index (χ2v) is 5.12. The lowest BCUT2D eigenvalue weighted by atomic mass is 10.1. The van der Waals surface area contributed by atoms with Crippen LogP contribution in [-0.4, -0.2) is 22.2 Å². The van der Waals surface area contributed by atoms with Gasteiger partial charge in [0.25, 0.3) is 0 Å². The van der Waals surface area contributed by atoms with Gasteiger partial charge in [-0.05, 0) is 44.7 Å². The molecule has 17 heavy (non-hydrogen) atoms. The fraction of sp³-hybridized carbons (Fsp3) is 0.538. The molecule has 0 aliphatic heterocycles. The predicted molar refractivity (Wildman–Crippen MR) is 65.8 cm³/mol. The van der Waals surface area contributed by atoms with Crippen molar-refractivity contribution >= 4 is 5.82 Å². The molecule has 4 heteroatoms.